The molecule has 4 atom stereocenters. The summed E-state index contributed by atoms with van der Waals surface area (Å²) in [6.45, 7) is 3.02. The lowest BCUT2D eigenvalue weighted by Crippen LogP contribution is -2.45. The molecule has 2 fully saturated rings. The zero-order valence-electron chi connectivity index (χ0n) is 9.17. The number of ether oxygens (including phenoxy) is 4. The number of hydrogen-bond acceptors (Lipinski definition) is 6. The summed E-state index contributed by atoms with van der Waals surface area (Å²) >= 11 is 0. The zero-order valence-corrected chi connectivity index (χ0v) is 9.17. The number of rotatable bonds is 2. The molecule has 0 aromatic carbocycles. The Morgan fingerprint density at radius 2 is 1.75 bits per heavy atom. The minimum absolute atomic E-state index is 0.249. The molecule has 0 N–H and O–H groups in total. The first-order valence-electron chi connectivity index (χ1n) is 5.18. The molecule has 2 saturated heterocycles. The first-order valence-corrected chi connectivity index (χ1v) is 5.18. The van der Waals surface area contributed by atoms with Crippen molar-refractivity contribution in [3.8, 4) is 0 Å². The highest BCUT2D eigenvalue weighted by molar-refractivity contribution is 5.66. The van der Waals surface area contributed by atoms with Crippen LogP contribution in [-0.2, 0) is 28.5 Å². The SMILES string of the molecule is CC(=O)O[C@H]1C[C@H](OC(C)=O)[C@H]2CO[C@@H]1O2. The van der Waals surface area contributed by atoms with Crippen molar-refractivity contribution in [3.05, 3.63) is 0 Å². The van der Waals surface area contributed by atoms with E-state index >= 15 is 0 Å². The second kappa shape index (κ2) is 4.39. The molecule has 2 aliphatic heterocycles. The molecule has 2 bridgehead atoms. The van der Waals surface area contributed by atoms with Gasteiger partial charge in [0.05, 0.1) is 6.61 Å². The molecular formula is C10H14O6. The largest absolute Gasteiger partial charge is 0.460 e. The van der Waals surface area contributed by atoms with Gasteiger partial charge in [0.2, 0.25) is 0 Å². The van der Waals surface area contributed by atoms with Crippen LogP contribution in [0.25, 0.3) is 0 Å². The van der Waals surface area contributed by atoms with Gasteiger partial charge in [-0.05, 0) is 0 Å². The number of fused-ring (bicyclic) bond motifs is 2. The van der Waals surface area contributed by atoms with Crippen LogP contribution in [0.1, 0.15) is 20.3 Å². The minimum Gasteiger partial charge on any atom is -0.460 e. The maximum Gasteiger partial charge on any atom is 0.303 e. The molecule has 0 amide bonds. The van der Waals surface area contributed by atoms with E-state index in [-0.39, 0.29) is 12.1 Å². The topological polar surface area (TPSA) is 71.1 Å². The van der Waals surface area contributed by atoms with Crippen LogP contribution in [0.2, 0.25) is 0 Å². The van der Waals surface area contributed by atoms with Crippen LogP contribution in [0.3, 0.4) is 0 Å². The van der Waals surface area contributed by atoms with Crippen molar-refractivity contribution in [3.63, 3.8) is 0 Å². The molecule has 0 saturated carbocycles. The summed E-state index contributed by atoms with van der Waals surface area (Å²) in [7, 11) is 0. The van der Waals surface area contributed by atoms with Crippen molar-refractivity contribution in [1.29, 1.82) is 0 Å². The molecule has 6 heteroatoms. The van der Waals surface area contributed by atoms with Gasteiger partial charge in [-0.25, -0.2) is 0 Å². The first kappa shape index (κ1) is 11.3. The Kier molecular flexibility index (Phi) is 3.11. The monoisotopic (exact) mass is 230 g/mol. The van der Waals surface area contributed by atoms with Gasteiger partial charge in [0.25, 0.3) is 0 Å². The number of carbonyl (C=O) groups is 2. The van der Waals surface area contributed by atoms with E-state index in [2.05, 4.69) is 0 Å². The van der Waals surface area contributed by atoms with E-state index in [0.717, 1.165) is 0 Å². The molecule has 0 radical (unpaired) electrons. The second-order valence-electron chi connectivity index (χ2n) is 3.91. The predicted octanol–water partition coefficient (Wildman–Crippen LogP) is -0.00500. The van der Waals surface area contributed by atoms with Crippen molar-refractivity contribution in [2.45, 2.75) is 44.9 Å². The molecule has 6 nitrogen and oxygen atoms in total. The zero-order chi connectivity index (χ0) is 11.7. The molecule has 0 unspecified atom stereocenters. The fourth-order valence-electron chi connectivity index (χ4n) is 1.98. The third-order valence-electron chi connectivity index (χ3n) is 2.55. The van der Waals surface area contributed by atoms with Gasteiger partial charge in [-0.1, -0.05) is 0 Å². The molecule has 2 rings (SSSR count). The van der Waals surface area contributed by atoms with Crippen molar-refractivity contribution < 1.29 is 28.5 Å². The average molecular weight is 230 g/mol. The van der Waals surface area contributed by atoms with Crippen LogP contribution >= 0.6 is 0 Å². The molecule has 16 heavy (non-hydrogen) atoms. The van der Waals surface area contributed by atoms with E-state index in [0.29, 0.717) is 13.0 Å². The minimum atomic E-state index is -0.527. The van der Waals surface area contributed by atoms with E-state index in [1.54, 1.807) is 0 Å². The highest BCUT2D eigenvalue weighted by Crippen LogP contribution is 2.31. The van der Waals surface area contributed by atoms with Crippen molar-refractivity contribution >= 4 is 11.9 Å². The van der Waals surface area contributed by atoms with Crippen molar-refractivity contribution in [2.24, 2.45) is 0 Å². The summed E-state index contributed by atoms with van der Waals surface area (Å²) in [5, 5.41) is 0. The van der Waals surface area contributed by atoms with E-state index in [4.69, 9.17) is 18.9 Å². The van der Waals surface area contributed by atoms with Gasteiger partial charge in [-0.2, -0.15) is 0 Å². The lowest BCUT2D eigenvalue weighted by Gasteiger charge is -2.32. The molecule has 90 valence electrons. The number of hydrogen-bond donors (Lipinski definition) is 0. The normalized spacial score (nSPS) is 36.9. The van der Waals surface area contributed by atoms with Gasteiger partial charge in [0.15, 0.2) is 12.4 Å². The van der Waals surface area contributed by atoms with E-state index in [1.807, 2.05) is 0 Å². The van der Waals surface area contributed by atoms with E-state index < -0.39 is 24.5 Å². The van der Waals surface area contributed by atoms with Crippen LogP contribution in [0, 0.1) is 0 Å². The summed E-state index contributed by atoms with van der Waals surface area (Å²) in [6, 6.07) is 0. The summed E-state index contributed by atoms with van der Waals surface area (Å²) in [5.41, 5.74) is 0. The Labute approximate surface area is 92.8 Å². The highest BCUT2D eigenvalue weighted by atomic mass is 16.8. The van der Waals surface area contributed by atoms with Crippen molar-refractivity contribution in [1.82, 2.24) is 0 Å². The van der Waals surface area contributed by atoms with Gasteiger partial charge >= 0.3 is 11.9 Å². The summed E-state index contributed by atoms with van der Waals surface area (Å²) in [4.78, 5) is 21.8. The molecule has 0 aromatic heterocycles. The molecule has 2 heterocycles. The van der Waals surface area contributed by atoms with Crippen LogP contribution in [-0.4, -0.2) is 43.1 Å². The van der Waals surface area contributed by atoms with Crippen LogP contribution in [0.15, 0.2) is 0 Å². The summed E-state index contributed by atoms with van der Waals surface area (Å²) in [5.74, 6) is -0.773. The standard InChI is InChI=1S/C10H14O6/c1-5(11)14-7-3-8(15-6(2)12)10-13-4-9(7)16-10/h7-10H,3-4H2,1-2H3/t7-,8-,9+,10+/m0/s1. The second-order valence-corrected chi connectivity index (χ2v) is 3.91. The Morgan fingerprint density at radius 3 is 2.38 bits per heavy atom. The fourth-order valence-corrected chi connectivity index (χ4v) is 1.98. The van der Waals surface area contributed by atoms with Gasteiger partial charge in [0, 0.05) is 20.3 Å². The van der Waals surface area contributed by atoms with Crippen molar-refractivity contribution in [2.75, 3.05) is 6.61 Å². The quantitative estimate of drug-likeness (QED) is 0.621. The lowest BCUT2D eigenvalue weighted by atomic mass is 10.0. The van der Waals surface area contributed by atoms with Gasteiger partial charge in [-0.15, -0.1) is 0 Å². The Morgan fingerprint density at radius 1 is 1.12 bits per heavy atom. The maximum absolute atomic E-state index is 10.9. The van der Waals surface area contributed by atoms with Crippen LogP contribution in [0.4, 0.5) is 0 Å². The lowest BCUT2D eigenvalue weighted by molar-refractivity contribution is -0.208. The number of carbonyl (C=O) groups excluding carboxylic acids is 2. The van der Waals surface area contributed by atoms with Crippen LogP contribution in [0.5, 0.6) is 0 Å². The Hall–Kier alpha value is -1.14. The smallest absolute Gasteiger partial charge is 0.303 e. The molecule has 0 spiro atoms. The summed E-state index contributed by atoms with van der Waals surface area (Å²) < 4.78 is 20.9. The van der Waals surface area contributed by atoms with Gasteiger partial charge in [0.1, 0.15) is 12.2 Å². The first-order chi connectivity index (χ1) is 7.56. The third-order valence-corrected chi connectivity index (χ3v) is 2.55. The maximum atomic E-state index is 10.9. The number of esters is 2. The Bertz CT molecular complexity index is 274. The highest BCUT2D eigenvalue weighted by Gasteiger charge is 2.47. The Balaban J connectivity index is 2.00. The van der Waals surface area contributed by atoms with Gasteiger partial charge < -0.3 is 18.9 Å². The summed E-state index contributed by atoms with van der Waals surface area (Å²) in [6.07, 6.45) is -1.25. The fraction of sp³-hybridized carbons (Fsp3) is 0.800. The van der Waals surface area contributed by atoms with E-state index in [1.165, 1.54) is 13.8 Å². The van der Waals surface area contributed by atoms with E-state index in [9.17, 15) is 9.59 Å². The predicted molar refractivity (Wildman–Crippen MR) is 50.3 cm³/mol. The van der Waals surface area contributed by atoms with Gasteiger partial charge in [-0.3, -0.25) is 9.59 Å². The van der Waals surface area contributed by atoms with Crippen LogP contribution < -0.4 is 0 Å². The molecule has 2 aliphatic rings. The molecule has 0 aliphatic carbocycles. The third kappa shape index (κ3) is 2.33. The molecule has 0 aromatic rings. The molecular weight excluding hydrogens is 216 g/mol. The average Bonchev–Trinajstić information content (AvgIpc) is 2.57.